The van der Waals surface area contributed by atoms with Gasteiger partial charge in [0.15, 0.2) is 0 Å². The predicted molar refractivity (Wildman–Crippen MR) is 52.6 cm³/mol. The highest BCUT2D eigenvalue weighted by Crippen LogP contribution is 2.14. The van der Waals surface area contributed by atoms with Crippen molar-refractivity contribution in [3.8, 4) is 0 Å². The lowest BCUT2D eigenvalue weighted by Gasteiger charge is -2.09. The fraction of sp³-hybridized carbons (Fsp3) is 0.600. The van der Waals surface area contributed by atoms with Gasteiger partial charge in [-0.2, -0.15) is 0 Å². The maximum atomic E-state index is 8.70. The molecular weight excluding hydrogens is 150 g/mol. The molecule has 12 heavy (non-hydrogen) atoms. The molecule has 0 spiro atoms. The van der Waals surface area contributed by atoms with Gasteiger partial charge in [0.25, 0.3) is 0 Å². The number of nitrogens with two attached hydrogens (primary N) is 1. The maximum absolute atomic E-state index is 8.70. The molecule has 0 aliphatic carbocycles. The highest BCUT2D eigenvalue weighted by atomic mass is 16.3. The van der Waals surface area contributed by atoms with Crippen LogP contribution in [0.3, 0.4) is 0 Å². The Labute approximate surface area is 74.8 Å². The number of allylic oxidation sites excluding steroid dienone is 3. The summed E-state index contributed by atoms with van der Waals surface area (Å²) in [4.78, 5) is 0. The average molecular weight is 169 g/mol. The van der Waals surface area contributed by atoms with Crippen molar-refractivity contribution in [1.29, 1.82) is 0 Å². The van der Waals surface area contributed by atoms with Crippen LogP contribution in [0.2, 0.25) is 0 Å². The number of rotatable bonds is 4. The molecular formula is C10H19NO. The Balaban J connectivity index is 4.16. The van der Waals surface area contributed by atoms with Gasteiger partial charge in [0.2, 0.25) is 0 Å². The fourth-order valence-corrected chi connectivity index (χ4v) is 0.910. The Hall–Kier alpha value is -0.760. The molecule has 0 rings (SSSR count). The lowest BCUT2D eigenvalue weighted by Crippen LogP contribution is -2.02. The van der Waals surface area contributed by atoms with E-state index in [-0.39, 0.29) is 6.61 Å². The van der Waals surface area contributed by atoms with Crippen LogP contribution in [0.25, 0.3) is 0 Å². The highest BCUT2D eigenvalue weighted by molar-refractivity contribution is 5.20. The van der Waals surface area contributed by atoms with E-state index in [2.05, 4.69) is 6.92 Å². The van der Waals surface area contributed by atoms with Crippen molar-refractivity contribution in [2.45, 2.75) is 27.2 Å². The maximum Gasteiger partial charge on any atom is 0.0436 e. The molecule has 2 heteroatoms. The molecule has 0 aliphatic rings. The molecule has 0 aromatic carbocycles. The molecule has 2 nitrogen and oxygen atoms in total. The Bertz CT molecular complexity index is 182. The van der Waals surface area contributed by atoms with Gasteiger partial charge in [0.05, 0.1) is 0 Å². The van der Waals surface area contributed by atoms with Crippen LogP contribution in [0.15, 0.2) is 23.4 Å². The molecule has 0 bridgehead atoms. The average Bonchev–Trinajstić information content (AvgIpc) is 2.04. The Morgan fingerprint density at radius 3 is 2.58 bits per heavy atom. The molecule has 0 aliphatic heterocycles. The van der Waals surface area contributed by atoms with Gasteiger partial charge in [-0.1, -0.05) is 18.6 Å². The minimum atomic E-state index is 0.238. The molecule has 0 amide bonds. The molecule has 0 saturated carbocycles. The van der Waals surface area contributed by atoms with Crippen molar-refractivity contribution < 1.29 is 5.11 Å². The van der Waals surface area contributed by atoms with Crippen LogP contribution in [0.1, 0.15) is 27.2 Å². The zero-order valence-corrected chi connectivity index (χ0v) is 8.17. The molecule has 0 heterocycles. The largest absolute Gasteiger partial charge is 0.399 e. The molecule has 0 aromatic rings. The van der Waals surface area contributed by atoms with Crippen LogP contribution < -0.4 is 5.73 Å². The summed E-state index contributed by atoms with van der Waals surface area (Å²) < 4.78 is 0. The van der Waals surface area contributed by atoms with Crippen molar-refractivity contribution >= 4 is 0 Å². The predicted octanol–water partition coefficient (Wildman–Crippen LogP) is 1.81. The standard InChI is InChI=1S/C10H19NO/c1-4-10(11)7-9(3)8(2)5-6-12/h4,7-8,12H,5-6,11H2,1-3H3/b9-7+,10-4+. The van der Waals surface area contributed by atoms with Crippen molar-refractivity contribution in [2.24, 2.45) is 11.7 Å². The lowest BCUT2D eigenvalue weighted by atomic mass is 9.99. The second kappa shape index (κ2) is 5.84. The summed E-state index contributed by atoms with van der Waals surface area (Å²) in [5, 5.41) is 8.70. The second-order valence-corrected chi connectivity index (χ2v) is 3.09. The Morgan fingerprint density at radius 2 is 2.17 bits per heavy atom. The van der Waals surface area contributed by atoms with Crippen LogP contribution >= 0.6 is 0 Å². The van der Waals surface area contributed by atoms with E-state index in [1.165, 1.54) is 5.57 Å². The van der Waals surface area contributed by atoms with Gasteiger partial charge in [-0.25, -0.2) is 0 Å². The summed E-state index contributed by atoms with van der Waals surface area (Å²) in [7, 11) is 0. The smallest absolute Gasteiger partial charge is 0.0436 e. The molecule has 0 radical (unpaired) electrons. The van der Waals surface area contributed by atoms with E-state index in [0.29, 0.717) is 5.92 Å². The van der Waals surface area contributed by atoms with Gasteiger partial charge < -0.3 is 10.8 Å². The van der Waals surface area contributed by atoms with E-state index in [1.54, 1.807) is 0 Å². The number of aliphatic hydroxyl groups excluding tert-OH is 1. The summed E-state index contributed by atoms with van der Waals surface area (Å²) in [6.07, 6.45) is 4.63. The first-order valence-electron chi connectivity index (χ1n) is 4.32. The second-order valence-electron chi connectivity index (χ2n) is 3.09. The van der Waals surface area contributed by atoms with E-state index in [9.17, 15) is 0 Å². The Morgan fingerprint density at radius 1 is 1.58 bits per heavy atom. The van der Waals surface area contributed by atoms with E-state index < -0.39 is 0 Å². The summed E-state index contributed by atoms with van der Waals surface area (Å²) in [6, 6.07) is 0. The number of aliphatic hydroxyl groups is 1. The van der Waals surface area contributed by atoms with E-state index >= 15 is 0 Å². The number of hydrogen-bond acceptors (Lipinski definition) is 2. The summed E-state index contributed by atoms with van der Waals surface area (Å²) in [5.74, 6) is 0.411. The monoisotopic (exact) mass is 169 g/mol. The Kier molecular flexibility index (Phi) is 5.47. The van der Waals surface area contributed by atoms with Crippen LogP contribution in [0.4, 0.5) is 0 Å². The minimum absolute atomic E-state index is 0.238. The third-order valence-corrected chi connectivity index (χ3v) is 2.07. The zero-order valence-electron chi connectivity index (χ0n) is 8.17. The van der Waals surface area contributed by atoms with Gasteiger partial charge >= 0.3 is 0 Å². The van der Waals surface area contributed by atoms with Crippen molar-refractivity contribution in [1.82, 2.24) is 0 Å². The van der Waals surface area contributed by atoms with Crippen LogP contribution in [-0.2, 0) is 0 Å². The van der Waals surface area contributed by atoms with E-state index in [1.807, 2.05) is 26.0 Å². The molecule has 70 valence electrons. The first kappa shape index (κ1) is 11.2. The van der Waals surface area contributed by atoms with Gasteiger partial charge in [0, 0.05) is 12.3 Å². The first-order chi connectivity index (χ1) is 5.61. The summed E-state index contributed by atoms with van der Waals surface area (Å²) >= 11 is 0. The SMILES string of the molecule is C/C=C(N)\C=C(/C)C(C)CCO. The topological polar surface area (TPSA) is 46.2 Å². The van der Waals surface area contributed by atoms with Crippen LogP contribution in [-0.4, -0.2) is 11.7 Å². The highest BCUT2D eigenvalue weighted by Gasteiger charge is 2.02. The van der Waals surface area contributed by atoms with E-state index in [4.69, 9.17) is 10.8 Å². The molecule has 1 atom stereocenters. The van der Waals surface area contributed by atoms with E-state index in [0.717, 1.165) is 12.1 Å². The summed E-state index contributed by atoms with van der Waals surface area (Å²) in [6.45, 7) is 6.28. The van der Waals surface area contributed by atoms with Gasteiger partial charge in [-0.15, -0.1) is 0 Å². The first-order valence-corrected chi connectivity index (χ1v) is 4.32. The van der Waals surface area contributed by atoms with Crippen LogP contribution in [0, 0.1) is 5.92 Å². The summed E-state index contributed by atoms with van der Waals surface area (Å²) in [5.41, 5.74) is 7.64. The van der Waals surface area contributed by atoms with Crippen molar-refractivity contribution in [3.63, 3.8) is 0 Å². The van der Waals surface area contributed by atoms with Gasteiger partial charge in [-0.05, 0) is 32.3 Å². The normalized spacial score (nSPS) is 16.3. The molecule has 1 unspecified atom stereocenters. The van der Waals surface area contributed by atoms with Crippen molar-refractivity contribution in [2.75, 3.05) is 6.61 Å². The minimum Gasteiger partial charge on any atom is -0.399 e. The molecule has 0 fully saturated rings. The third kappa shape index (κ3) is 4.19. The van der Waals surface area contributed by atoms with Crippen LogP contribution in [0.5, 0.6) is 0 Å². The number of hydrogen-bond donors (Lipinski definition) is 2. The molecule has 0 saturated heterocycles. The molecule has 3 N–H and O–H groups in total. The quantitative estimate of drug-likeness (QED) is 0.630. The van der Waals surface area contributed by atoms with Crippen molar-refractivity contribution in [3.05, 3.63) is 23.4 Å². The lowest BCUT2D eigenvalue weighted by molar-refractivity contribution is 0.271. The zero-order chi connectivity index (χ0) is 9.56. The fourth-order valence-electron chi connectivity index (χ4n) is 0.910. The van der Waals surface area contributed by atoms with Gasteiger partial charge in [0.1, 0.15) is 0 Å². The molecule has 0 aromatic heterocycles. The van der Waals surface area contributed by atoms with Gasteiger partial charge in [-0.3, -0.25) is 0 Å². The third-order valence-electron chi connectivity index (χ3n) is 2.07.